The third kappa shape index (κ3) is 4.21. The molecule has 0 bridgehead atoms. The Kier molecular flexibility index (Phi) is 6.84. The molecule has 33 heavy (non-hydrogen) atoms. The Balaban J connectivity index is 1.60. The van der Waals surface area contributed by atoms with Crippen LogP contribution in [0.4, 0.5) is 13.2 Å². The van der Waals surface area contributed by atoms with Crippen molar-refractivity contribution in [3.8, 4) is 0 Å². The topological polar surface area (TPSA) is 40.5 Å². The fourth-order valence-electron chi connectivity index (χ4n) is 9.02. The lowest BCUT2D eigenvalue weighted by Crippen LogP contribution is -2.53. The maximum absolute atomic E-state index is 13.6. The quantitative estimate of drug-likeness (QED) is 0.396. The molecule has 0 amide bonds. The van der Waals surface area contributed by atoms with Gasteiger partial charge in [0, 0.05) is 0 Å². The predicted octanol–water partition coefficient (Wildman–Crippen LogP) is 7.44. The van der Waals surface area contributed by atoms with E-state index in [1.807, 2.05) is 6.92 Å². The number of hydrogen-bond acceptors (Lipinski definition) is 2. The van der Waals surface area contributed by atoms with Crippen LogP contribution in [0.2, 0.25) is 0 Å². The highest BCUT2D eigenvalue weighted by Crippen LogP contribution is 2.68. The van der Waals surface area contributed by atoms with Gasteiger partial charge < -0.3 is 10.2 Å². The Morgan fingerprint density at radius 1 is 1.06 bits per heavy atom. The van der Waals surface area contributed by atoms with Crippen LogP contribution in [0.1, 0.15) is 105 Å². The maximum Gasteiger partial charge on any atom is 0.414 e. The summed E-state index contributed by atoms with van der Waals surface area (Å²) in [5, 5.41) is 21.3. The molecule has 4 rings (SSSR count). The van der Waals surface area contributed by atoms with Crippen LogP contribution >= 0.6 is 0 Å². The lowest BCUT2D eigenvalue weighted by atomic mass is 9.46. The van der Waals surface area contributed by atoms with Gasteiger partial charge in [0.15, 0.2) is 6.10 Å². The normalized spacial score (nSPS) is 44.9. The van der Waals surface area contributed by atoms with Gasteiger partial charge in [0.2, 0.25) is 0 Å². The molecule has 0 heterocycles. The standard InChI is InChI=1S/C28H45F3O2/c1-5-7-8-20(24(32)28(29,30)31)22-12-11-21-19-10-9-18-17-27(33,6-2)16-15-25(18,3)23(19)13-14-26(21,22)4/h9,19-24,32-33H,5-8,10-17H2,1-4H3/t19-,20-,21-,22+,23-,24?,25-,26-,27-/m0/s1. The third-order valence-electron chi connectivity index (χ3n) is 11.1. The van der Waals surface area contributed by atoms with E-state index in [0.29, 0.717) is 24.2 Å². The Morgan fingerprint density at radius 2 is 1.79 bits per heavy atom. The Labute approximate surface area is 198 Å². The first-order chi connectivity index (χ1) is 15.4. The largest absolute Gasteiger partial charge is 0.414 e. The SMILES string of the molecule is CCCC[C@H](C(O)C(F)(F)F)[C@H]1CC[C@H]2[C@@H]3CC=C4C[C@](O)(CC)CC[C@]4(C)[C@H]3CC[C@]12C. The van der Waals surface area contributed by atoms with Crippen LogP contribution in [0.25, 0.3) is 0 Å². The Hall–Kier alpha value is -0.550. The second-order valence-corrected chi connectivity index (χ2v) is 12.5. The van der Waals surface area contributed by atoms with Crippen LogP contribution in [0.15, 0.2) is 11.6 Å². The van der Waals surface area contributed by atoms with E-state index in [-0.39, 0.29) is 16.7 Å². The first-order valence-corrected chi connectivity index (χ1v) is 13.6. The van der Waals surface area contributed by atoms with Crippen molar-refractivity contribution >= 4 is 0 Å². The maximum atomic E-state index is 13.6. The lowest BCUT2D eigenvalue weighted by molar-refractivity contribution is -0.231. The average Bonchev–Trinajstić information content (AvgIpc) is 3.11. The molecule has 2 nitrogen and oxygen atoms in total. The monoisotopic (exact) mass is 470 g/mol. The molecular weight excluding hydrogens is 425 g/mol. The van der Waals surface area contributed by atoms with Gasteiger partial charge in [0.1, 0.15) is 0 Å². The van der Waals surface area contributed by atoms with Crippen LogP contribution < -0.4 is 0 Å². The number of allylic oxidation sites excluding steroid dienone is 1. The van der Waals surface area contributed by atoms with Crippen LogP contribution in [0.3, 0.4) is 0 Å². The van der Waals surface area contributed by atoms with Gasteiger partial charge in [-0.15, -0.1) is 0 Å². The van der Waals surface area contributed by atoms with Crippen molar-refractivity contribution in [2.24, 2.45) is 40.4 Å². The Morgan fingerprint density at radius 3 is 2.42 bits per heavy atom. The zero-order valence-electron chi connectivity index (χ0n) is 21.1. The van der Waals surface area contributed by atoms with Gasteiger partial charge in [0.05, 0.1) is 5.60 Å². The summed E-state index contributed by atoms with van der Waals surface area (Å²) in [5.74, 6) is 0.785. The fourth-order valence-corrected chi connectivity index (χ4v) is 9.02. The molecule has 9 atom stereocenters. The molecule has 0 aromatic rings. The molecule has 3 fully saturated rings. The van der Waals surface area contributed by atoms with Gasteiger partial charge in [-0.3, -0.25) is 0 Å². The summed E-state index contributed by atoms with van der Waals surface area (Å²) in [6, 6.07) is 0. The number of alkyl halides is 3. The molecule has 0 aromatic carbocycles. The molecule has 0 radical (unpaired) electrons. The van der Waals surface area contributed by atoms with Crippen molar-refractivity contribution < 1.29 is 23.4 Å². The minimum atomic E-state index is -4.54. The molecule has 0 aromatic heterocycles. The molecule has 4 aliphatic rings. The first-order valence-electron chi connectivity index (χ1n) is 13.6. The van der Waals surface area contributed by atoms with Crippen LogP contribution in [-0.2, 0) is 0 Å². The van der Waals surface area contributed by atoms with E-state index in [1.54, 1.807) is 0 Å². The first kappa shape index (κ1) is 25.5. The van der Waals surface area contributed by atoms with Gasteiger partial charge in [-0.1, -0.05) is 52.2 Å². The summed E-state index contributed by atoms with van der Waals surface area (Å²) >= 11 is 0. The molecule has 0 saturated heterocycles. The van der Waals surface area contributed by atoms with Crippen LogP contribution in [-0.4, -0.2) is 28.1 Å². The number of aliphatic hydroxyl groups excluding tert-OH is 1. The highest BCUT2D eigenvalue weighted by Gasteiger charge is 2.61. The second kappa shape index (κ2) is 8.84. The fraction of sp³-hybridized carbons (Fsp3) is 0.929. The van der Waals surface area contributed by atoms with Crippen molar-refractivity contribution in [1.82, 2.24) is 0 Å². The molecule has 1 unspecified atom stereocenters. The minimum Gasteiger partial charge on any atom is -0.390 e. The van der Waals surface area contributed by atoms with E-state index in [9.17, 15) is 23.4 Å². The summed E-state index contributed by atoms with van der Waals surface area (Å²) in [6.07, 6.45) is 6.00. The Bertz CT molecular complexity index is 748. The molecule has 4 aliphatic carbocycles. The van der Waals surface area contributed by atoms with Crippen molar-refractivity contribution in [1.29, 1.82) is 0 Å². The molecule has 0 spiro atoms. The van der Waals surface area contributed by atoms with Crippen molar-refractivity contribution in [3.05, 3.63) is 11.6 Å². The number of aliphatic hydroxyl groups is 2. The van der Waals surface area contributed by atoms with E-state index in [1.165, 1.54) is 5.57 Å². The van der Waals surface area contributed by atoms with Gasteiger partial charge in [-0.2, -0.15) is 13.2 Å². The molecule has 190 valence electrons. The number of unbranched alkanes of at least 4 members (excludes halogenated alkanes) is 1. The van der Waals surface area contributed by atoms with E-state index in [2.05, 4.69) is 26.8 Å². The number of halogens is 3. The summed E-state index contributed by atoms with van der Waals surface area (Å²) < 4.78 is 40.9. The van der Waals surface area contributed by atoms with E-state index in [4.69, 9.17) is 0 Å². The molecular formula is C28H45F3O2. The number of fused-ring (bicyclic) bond motifs is 5. The van der Waals surface area contributed by atoms with Gasteiger partial charge in [-0.05, 0) is 105 Å². The highest BCUT2D eigenvalue weighted by atomic mass is 19.4. The van der Waals surface area contributed by atoms with Crippen molar-refractivity contribution in [2.75, 3.05) is 0 Å². The van der Waals surface area contributed by atoms with Gasteiger partial charge >= 0.3 is 6.18 Å². The van der Waals surface area contributed by atoms with Crippen molar-refractivity contribution in [3.63, 3.8) is 0 Å². The summed E-state index contributed by atoms with van der Waals surface area (Å²) in [4.78, 5) is 0. The summed E-state index contributed by atoms with van der Waals surface area (Å²) in [5.41, 5.74) is 0.870. The van der Waals surface area contributed by atoms with Crippen LogP contribution in [0, 0.1) is 40.4 Å². The average molecular weight is 471 g/mol. The van der Waals surface area contributed by atoms with Gasteiger partial charge in [0.25, 0.3) is 0 Å². The van der Waals surface area contributed by atoms with Crippen molar-refractivity contribution in [2.45, 2.75) is 123 Å². The molecule has 5 heteroatoms. The van der Waals surface area contributed by atoms with E-state index >= 15 is 0 Å². The second-order valence-electron chi connectivity index (χ2n) is 12.5. The number of hydrogen-bond donors (Lipinski definition) is 2. The van der Waals surface area contributed by atoms with E-state index in [0.717, 1.165) is 70.6 Å². The predicted molar refractivity (Wildman–Crippen MR) is 126 cm³/mol. The summed E-state index contributed by atoms with van der Waals surface area (Å²) in [7, 11) is 0. The zero-order chi connectivity index (χ0) is 24.2. The van der Waals surface area contributed by atoms with Gasteiger partial charge in [-0.25, -0.2) is 0 Å². The zero-order valence-corrected chi connectivity index (χ0v) is 21.1. The van der Waals surface area contributed by atoms with Crippen LogP contribution in [0.5, 0.6) is 0 Å². The minimum absolute atomic E-state index is 0.0543. The molecule has 2 N–H and O–H groups in total. The highest BCUT2D eigenvalue weighted by molar-refractivity contribution is 5.27. The van der Waals surface area contributed by atoms with E-state index < -0.39 is 23.8 Å². The molecule has 3 saturated carbocycles. The summed E-state index contributed by atoms with van der Waals surface area (Å²) in [6.45, 7) is 8.74. The lowest BCUT2D eigenvalue weighted by Gasteiger charge is -2.59. The smallest absolute Gasteiger partial charge is 0.390 e. The number of rotatable bonds is 6. The molecule has 0 aliphatic heterocycles. The third-order valence-corrected chi connectivity index (χ3v) is 11.1.